The minimum Gasteiger partial charge on any atom is -0.478 e. The molecule has 3 N–H and O–H groups in total. The fraction of sp³-hybridized carbons (Fsp3) is 0.389. The van der Waals surface area contributed by atoms with Gasteiger partial charge in [0.2, 0.25) is 16.0 Å². The maximum absolute atomic E-state index is 13.2. The fourth-order valence-corrected chi connectivity index (χ4v) is 6.00. The third-order valence-electron chi connectivity index (χ3n) is 5.54. The number of carboxylic acids is 1. The number of hydrogen-bond acceptors (Lipinski definition) is 6. The van der Waals surface area contributed by atoms with E-state index in [1.165, 1.54) is 28.6 Å². The molecule has 1 aromatic heterocycles. The van der Waals surface area contributed by atoms with Crippen LogP contribution in [0.25, 0.3) is 0 Å². The number of nitrogens with zero attached hydrogens (tertiary/aromatic N) is 3. The van der Waals surface area contributed by atoms with Crippen molar-refractivity contribution in [1.29, 1.82) is 0 Å². The summed E-state index contributed by atoms with van der Waals surface area (Å²) in [4.78, 5) is 19.8. The van der Waals surface area contributed by atoms with E-state index in [0.29, 0.717) is 13.0 Å². The van der Waals surface area contributed by atoms with Crippen LogP contribution >= 0.6 is 0 Å². The van der Waals surface area contributed by atoms with Crippen LogP contribution in [0, 0.1) is 0 Å². The average molecular weight is 388 g/mol. The van der Waals surface area contributed by atoms with E-state index in [9.17, 15) is 18.3 Å². The lowest BCUT2D eigenvalue weighted by molar-refractivity contribution is 0.0692. The van der Waals surface area contributed by atoms with Gasteiger partial charge in [-0.1, -0.05) is 12.1 Å². The molecule has 4 rings (SSSR count). The summed E-state index contributed by atoms with van der Waals surface area (Å²) in [7, 11) is -3.94. The number of fused-ring (bicyclic) bond motifs is 2. The van der Waals surface area contributed by atoms with Gasteiger partial charge in [0.15, 0.2) is 0 Å². The van der Waals surface area contributed by atoms with E-state index in [2.05, 4.69) is 9.97 Å². The molecule has 1 aromatic carbocycles. The molecule has 2 aliphatic rings. The van der Waals surface area contributed by atoms with Gasteiger partial charge in [-0.15, -0.1) is 0 Å². The van der Waals surface area contributed by atoms with Crippen LogP contribution in [0.5, 0.6) is 0 Å². The van der Waals surface area contributed by atoms with Gasteiger partial charge in [0.1, 0.15) is 0 Å². The molecule has 0 bridgehead atoms. The van der Waals surface area contributed by atoms with E-state index in [1.807, 2.05) is 0 Å². The zero-order valence-electron chi connectivity index (χ0n) is 14.6. The molecule has 1 aliphatic carbocycles. The number of piperidine rings is 1. The standard InChI is InChI=1S/C18H20N4O4S/c19-17-20-10-12-6-8-18(15(12)21-17)7-3-9-22(11-18)27(25,26)14-5-2-1-4-13(14)16(23)24/h1-2,4-5,10H,3,6-9,11H2,(H,23,24)(H2,19,20,21). The predicted molar refractivity (Wildman–Crippen MR) is 97.8 cm³/mol. The first-order valence-electron chi connectivity index (χ1n) is 8.78. The van der Waals surface area contributed by atoms with Crippen LogP contribution in [0.2, 0.25) is 0 Å². The van der Waals surface area contributed by atoms with Crippen molar-refractivity contribution in [3.63, 3.8) is 0 Å². The van der Waals surface area contributed by atoms with Gasteiger partial charge in [-0.2, -0.15) is 4.31 Å². The lowest BCUT2D eigenvalue weighted by atomic mass is 9.78. The number of hydrogen-bond donors (Lipinski definition) is 2. The molecule has 1 unspecified atom stereocenters. The average Bonchev–Trinajstić information content (AvgIpc) is 2.99. The van der Waals surface area contributed by atoms with Crippen molar-refractivity contribution in [2.24, 2.45) is 0 Å². The smallest absolute Gasteiger partial charge is 0.337 e. The molecule has 0 radical (unpaired) electrons. The summed E-state index contributed by atoms with van der Waals surface area (Å²) < 4.78 is 27.9. The lowest BCUT2D eigenvalue weighted by Crippen LogP contribution is -2.48. The van der Waals surface area contributed by atoms with Crippen LogP contribution in [-0.4, -0.2) is 46.9 Å². The molecular weight excluding hydrogens is 368 g/mol. The maximum atomic E-state index is 13.2. The molecular formula is C18H20N4O4S. The van der Waals surface area contributed by atoms with Crippen molar-refractivity contribution < 1.29 is 18.3 Å². The maximum Gasteiger partial charge on any atom is 0.337 e. The normalized spacial score (nSPS) is 22.7. The van der Waals surface area contributed by atoms with Crippen molar-refractivity contribution >= 4 is 21.9 Å². The second kappa shape index (κ2) is 6.28. The Labute approximate surface area is 157 Å². The van der Waals surface area contributed by atoms with Gasteiger partial charge in [0.05, 0.1) is 16.2 Å². The molecule has 8 nitrogen and oxygen atoms in total. The molecule has 1 fully saturated rings. The summed E-state index contributed by atoms with van der Waals surface area (Å²) in [5.74, 6) is -1.07. The number of aromatic carboxylic acids is 1. The zero-order chi connectivity index (χ0) is 19.2. The third kappa shape index (κ3) is 2.87. The number of nitrogen functional groups attached to an aromatic ring is 1. The summed E-state index contributed by atoms with van der Waals surface area (Å²) in [5, 5.41) is 9.38. The topological polar surface area (TPSA) is 126 Å². The van der Waals surface area contributed by atoms with Crippen LogP contribution in [0.3, 0.4) is 0 Å². The SMILES string of the molecule is Nc1ncc2c(n1)C1(CCCN(S(=O)(=O)c3ccccc3C(=O)O)C1)CC2. The highest BCUT2D eigenvalue weighted by Gasteiger charge is 2.46. The molecule has 1 aliphatic heterocycles. The monoisotopic (exact) mass is 388 g/mol. The van der Waals surface area contributed by atoms with E-state index in [4.69, 9.17) is 5.73 Å². The molecule has 142 valence electrons. The molecule has 1 atom stereocenters. The Hall–Kier alpha value is -2.52. The predicted octanol–water partition coefficient (Wildman–Crippen LogP) is 1.43. The molecule has 1 spiro atoms. The van der Waals surface area contributed by atoms with Gasteiger partial charge in [-0.25, -0.2) is 23.2 Å². The van der Waals surface area contributed by atoms with Crippen molar-refractivity contribution in [3.8, 4) is 0 Å². The van der Waals surface area contributed by atoms with E-state index >= 15 is 0 Å². The molecule has 9 heteroatoms. The molecule has 1 saturated heterocycles. The number of nitrogens with two attached hydrogens (primary N) is 1. The van der Waals surface area contributed by atoms with E-state index in [1.54, 1.807) is 6.20 Å². The van der Waals surface area contributed by atoms with Crippen molar-refractivity contribution in [2.75, 3.05) is 18.8 Å². The Kier molecular flexibility index (Phi) is 4.15. The number of carbonyl (C=O) groups is 1. The summed E-state index contributed by atoms with van der Waals surface area (Å²) in [6.07, 6.45) is 4.79. The number of aryl methyl sites for hydroxylation is 1. The van der Waals surface area contributed by atoms with Crippen LogP contribution in [0.4, 0.5) is 5.95 Å². The first kappa shape index (κ1) is 17.9. The summed E-state index contributed by atoms with van der Waals surface area (Å²) in [6, 6.07) is 5.72. The quantitative estimate of drug-likeness (QED) is 0.814. The minimum atomic E-state index is -3.94. The van der Waals surface area contributed by atoms with Crippen LogP contribution in [-0.2, 0) is 21.9 Å². The third-order valence-corrected chi connectivity index (χ3v) is 7.44. The molecule has 27 heavy (non-hydrogen) atoms. The van der Waals surface area contributed by atoms with Crippen LogP contribution < -0.4 is 5.73 Å². The lowest BCUT2D eigenvalue weighted by Gasteiger charge is -2.39. The van der Waals surface area contributed by atoms with Gasteiger partial charge in [0.25, 0.3) is 0 Å². The van der Waals surface area contributed by atoms with Crippen molar-refractivity contribution in [1.82, 2.24) is 14.3 Å². The van der Waals surface area contributed by atoms with E-state index in [0.717, 1.165) is 30.5 Å². The van der Waals surface area contributed by atoms with Crippen molar-refractivity contribution in [3.05, 3.63) is 47.3 Å². The largest absolute Gasteiger partial charge is 0.478 e. The minimum absolute atomic E-state index is 0.171. The Balaban J connectivity index is 1.73. The number of rotatable bonds is 3. The van der Waals surface area contributed by atoms with Gasteiger partial charge in [-0.3, -0.25) is 0 Å². The molecule has 0 saturated carbocycles. The van der Waals surface area contributed by atoms with Gasteiger partial charge in [-0.05, 0) is 43.4 Å². The van der Waals surface area contributed by atoms with Gasteiger partial charge >= 0.3 is 5.97 Å². The number of carboxylic acid groups (broad SMARTS) is 1. The first-order chi connectivity index (χ1) is 12.8. The summed E-state index contributed by atoms with van der Waals surface area (Å²) in [6.45, 7) is 0.626. The summed E-state index contributed by atoms with van der Waals surface area (Å²) in [5.41, 5.74) is 7.00. The number of aromatic nitrogens is 2. The number of benzene rings is 1. The van der Waals surface area contributed by atoms with Crippen molar-refractivity contribution in [2.45, 2.75) is 36.0 Å². The molecule has 2 heterocycles. The number of sulfonamides is 1. The Morgan fingerprint density at radius 3 is 2.81 bits per heavy atom. The highest BCUT2D eigenvalue weighted by Crippen LogP contribution is 2.45. The van der Waals surface area contributed by atoms with Crippen LogP contribution in [0.15, 0.2) is 35.4 Å². The molecule has 0 amide bonds. The van der Waals surface area contributed by atoms with Gasteiger partial charge < -0.3 is 10.8 Å². The second-order valence-corrected chi connectivity index (χ2v) is 9.03. The molecule has 2 aromatic rings. The fourth-order valence-electron chi connectivity index (χ4n) is 4.25. The Morgan fingerprint density at radius 2 is 2.04 bits per heavy atom. The highest BCUT2D eigenvalue weighted by molar-refractivity contribution is 7.89. The van der Waals surface area contributed by atoms with E-state index in [-0.39, 0.29) is 23.0 Å². The van der Waals surface area contributed by atoms with E-state index < -0.39 is 21.4 Å². The van der Waals surface area contributed by atoms with Gasteiger partial charge in [0, 0.05) is 24.7 Å². The zero-order valence-corrected chi connectivity index (χ0v) is 15.4. The van der Waals surface area contributed by atoms with Crippen LogP contribution in [0.1, 0.15) is 40.9 Å². The summed E-state index contributed by atoms with van der Waals surface area (Å²) >= 11 is 0. The first-order valence-corrected chi connectivity index (χ1v) is 10.2. The second-order valence-electron chi connectivity index (χ2n) is 7.13. The Morgan fingerprint density at radius 1 is 1.26 bits per heavy atom. The number of anilines is 1. The Bertz CT molecular complexity index is 1020. The highest BCUT2D eigenvalue weighted by atomic mass is 32.2.